The summed E-state index contributed by atoms with van der Waals surface area (Å²) in [6, 6.07) is 0. The van der Waals surface area contributed by atoms with Crippen molar-refractivity contribution in [2.75, 3.05) is 0 Å². The van der Waals surface area contributed by atoms with Crippen LogP contribution < -0.4 is 0 Å². The number of ether oxygens (including phenoxy) is 2. The molecular weight excluding hydrogens is 406 g/mol. The van der Waals surface area contributed by atoms with Crippen molar-refractivity contribution < 1.29 is 14.6 Å². The lowest BCUT2D eigenvalue weighted by molar-refractivity contribution is -0.202. The Morgan fingerprint density at radius 1 is 0.968 bits per heavy atom. The molecule has 172 valence electrons. The van der Waals surface area contributed by atoms with Crippen LogP contribution in [-0.4, -0.2) is 28.1 Å². The molecule has 1 unspecified atom stereocenters. The van der Waals surface area contributed by atoms with E-state index < -0.39 is 11.4 Å². The van der Waals surface area contributed by atoms with Crippen molar-refractivity contribution in [3.8, 4) is 0 Å². The van der Waals surface area contributed by atoms with Crippen LogP contribution in [0.4, 0.5) is 0 Å². The van der Waals surface area contributed by atoms with Gasteiger partial charge in [-0.15, -0.1) is 11.3 Å². The fourth-order valence-corrected chi connectivity index (χ4v) is 10.1. The molecule has 4 nitrogen and oxygen atoms in total. The van der Waals surface area contributed by atoms with Crippen LogP contribution in [0.5, 0.6) is 0 Å². The standard InChI is InChI=1S/C26H39NO3S/c1-15-6-9-24(4)16-7-10-25(5)17(8-11-26(25,28)22-27-12-13-31-22)19(16)21-20(18(24)14-15)29-23(2,3)30-21/h12-13,15-21,28H,6-11,14H2,1-5H3/t15-,16-,17-,18+,19?,20+,21+,24+,25-,26+/m0/s1. The fraction of sp³-hybridized carbons (Fsp3) is 0.885. The summed E-state index contributed by atoms with van der Waals surface area (Å²) in [6.07, 6.45) is 10.3. The van der Waals surface area contributed by atoms with E-state index in [4.69, 9.17) is 9.47 Å². The first-order chi connectivity index (χ1) is 14.6. The van der Waals surface area contributed by atoms with Crippen LogP contribution in [0.3, 0.4) is 0 Å². The van der Waals surface area contributed by atoms with E-state index in [2.05, 4.69) is 39.6 Å². The van der Waals surface area contributed by atoms with E-state index in [1.54, 1.807) is 11.3 Å². The lowest BCUT2D eigenvalue weighted by Crippen LogP contribution is -2.63. The minimum atomic E-state index is -0.805. The number of hydrogen-bond donors (Lipinski definition) is 1. The topological polar surface area (TPSA) is 51.6 Å². The molecule has 0 bridgehead atoms. The Morgan fingerprint density at radius 3 is 2.45 bits per heavy atom. The number of hydrogen-bond acceptors (Lipinski definition) is 5. The SMILES string of the molecule is C[C@H]1CC[C@@]2(C)[C@H](C1)[C@H]1OC(C)(C)O[C@@H]1C1[C@@H]2CC[C@@]2(C)[C@H]1CC[C@@]2(O)c1nccs1. The van der Waals surface area contributed by atoms with Crippen molar-refractivity contribution in [1.82, 2.24) is 4.98 Å². The molecule has 4 aliphatic carbocycles. The predicted molar refractivity (Wildman–Crippen MR) is 121 cm³/mol. The Kier molecular flexibility index (Phi) is 4.45. The third-order valence-electron chi connectivity index (χ3n) is 10.7. The van der Waals surface area contributed by atoms with Crippen LogP contribution in [-0.2, 0) is 15.1 Å². The summed E-state index contributed by atoms with van der Waals surface area (Å²) >= 11 is 1.62. The molecule has 6 rings (SSSR count). The van der Waals surface area contributed by atoms with Crippen LogP contribution in [0.2, 0.25) is 0 Å². The number of aromatic nitrogens is 1. The lowest BCUT2D eigenvalue weighted by atomic mass is 9.42. The van der Waals surface area contributed by atoms with Gasteiger partial charge in [0, 0.05) is 17.0 Å². The van der Waals surface area contributed by atoms with Gasteiger partial charge < -0.3 is 14.6 Å². The molecule has 0 radical (unpaired) electrons. The third-order valence-corrected chi connectivity index (χ3v) is 11.7. The molecule has 0 aromatic carbocycles. The van der Waals surface area contributed by atoms with E-state index in [1.165, 1.54) is 25.7 Å². The predicted octanol–water partition coefficient (Wildman–Crippen LogP) is 5.75. The van der Waals surface area contributed by atoms with Crippen LogP contribution in [0, 0.1) is 40.4 Å². The quantitative estimate of drug-likeness (QED) is 0.598. The Hall–Kier alpha value is -0.490. The second-order valence-electron chi connectivity index (χ2n) is 12.5. The van der Waals surface area contributed by atoms with E-state index >= 15 is 0 Å². The van der Waals surface area contributed by atoms with Crippen molar-refractivity contribution >= 4 is 11.3 Å². The van der Waals surface area contributed by atoms with Crippen molar-refractivity contribution in [2.24, 2.45) is 40.4 Å². The number of rotatable bonds is 1. The second-order valence-corrected chi connectivity index (χ2v) is 13.4. The Morgan fingerprint density at radius 2 is 1.71 bits per heavy atom. The van der Waals surface area contributed by atoms with Crippen molar-refractivity contribution in [3.63, 3.8) is 0 Å². The van der Waals surface area contributed by atoms with Crippen molar-refractivity contribution in [1.29, 1.82) is 0 Å². The van der Waals surface area contributed by atoms with Gasteiger partial charge in [0.2, 0.25) is 0 Å². The average molecular weight is 446 g/mol. The van der Waals surface area contributed by atoms with Gasteiger partial charge in [-0.3, -0.25) is 0 Å². The largest absolute Gasteiger partial charge is 0.382 e. The zero-order valence-corrected chi connectivity index (χ0v) is 20.6. The van der Waals surface area contributed by atoms with E-state index in [-0.39, 0.29) is 17.6 Å². The number of nitrogens with zero attached hydrogens (tertiary/aromatic N) is 1. The Labute approximate surface area is 191 Å². The molecule has 2 heterocycles. The summed E-state index contributed by atoms with van der Waals surface area (Å²) in [5.74, 6) is 2.45. The third kappa shape index (κ3) is 2.67. The fourth-order valence-electron chi connectivity index (χ4n) is 9.18. The minimum absolute atomic E-state index is 0.141. The number of fused-ring (bicyclic) bond motifs is 8. The normalized spacial score (nSPS) is 55.2. The first kappa shape index (κ1) is 21.1. The first-order valence-corrected chi connectivity index (χ1v) is 13.4. The number of aliphatic hydroxyl groups is 1. The molecule has 5 fully saturated rings. The molecule has 1 saturated heterocycles. The Bertz CT molecular complexity index is 857. The summed E-state index contributed by atoms with van der Waals surface area (Å²) in [6.45, 7) is 11.6. The molecular formula is C26H39NO3S. The molecule has 1 aromatic heterocycles. The first-order valence-electron chi connectivity index (χ1n) is 12.6. The Balaban J connectivity index is 1.44. The highest BCUT2D eigenvalue weighted by molar-refractivity contribution is 7.09. The zero-order valence-electron chi connectivity index (χ0n) is 19.8. The van der Waals surface area contributed by atoms with Crippen molar-refractivity contribution in [3.05, 3.63) is 16.6 Å². The van der Waals surface area contributed by atoms with Gasteiger partial charge in [0.15, 0.2) is 5.79 Å². The summed E-state index contributed by atoms with van der Waals surface area (Å²) in [4.78, 5) is 4.60. The average Bonchev–Trinajstić information content (AvgIpc) is 3.41. The number of thiazole rings is 1. The summed E-state index contributed by atoms with van der Waals surface area (Å²) in [7, 11) is 0. The van der Waals surface area contributed by atoms with Gasteiger partial charge >= 0.3 is 0 Å². The molecule has 5 aliphatic rings. The van der Waals surface area contributed by atoms with Gasteiger partial charge in [-0.05, 0) is 87.4 Å². The summed E-state index contributed by atoms with van der Waals surface area (Å²) < 4.78 is 13.4. The van der Waals surface area contributed by atoms with Gasteiger partial charge in [-0.1, -0.05) is 27.2 Å². The van der Waals surface area contributed by atoms with Crippen LogP contribution in [0.15, 0.2) is 11.6 Å². The van der Waals surface area contributed by atoms with E-state index in [9.17, 15) is 5.11 Å². The zero-order chi connectivity index (χ0) is 21.8. The maximum absolute atomic E-state index is 12.0. The summed E-state index contributed by atoms with van der Waals surface area (Å²) in [5, 5.41) is 15.0. The van der Waals surface area contributed by atoms with Crippen LogP contribution >= 0.6 is 11.3 Å². The molecule has 0 spiro atoms. The molecule has 1 aliphatic heterocycles. The smallest absolute Gasteiger partial charge is 0.163 e. The maximum atomic E-state index is 12.0. The van der Waals surface area contributed by atoms with Crippen molar-refractivity contribution in [2.45, 2.75) is 103 Å². The highest BCUT2D eigenvalue weighted by Gasteiger charge is 2.71. The molecule has 5 heteroatoms. The molecule has 1 N–H and O–H groups in total. The van der Waals surface area contributed by atoms with Gasteiger partial charge in [-0.2, -0.15) is 0 Å². The van der Waals surface area contributed by atoms with Gasteiger partial charge in [0.05, 0.1) is 12.2 Å². The van der Waals surface area contributed by atoms with E-state index in [0.29, 0.717) is 29.1 Å². The van der Waals surface area contributed by atoms with E-state index in [1.807, 2.05) is 11.6 Å². The van der Waals surface area contributed by atoms with Crippen LogP contribution in [0.25, 0.3) is 0 Å². The minimum Gasteiger partial charge on any atom is -0.382 e. The van der Waals surface area contributed by atoms with Crippen LogP contribution in [0.1, 0.15) is 84.6 Å². The monoisotopic (exact) mass is 445 g/mol. The maximum Gasteiger partial charge on any atom is 0.163 e. The van der Waals surface area contributed by atoms with Gasteiger partial charge in [-0.25, -0.2) is 4.98 Å². The molecule has 31 heavy (non-hydrogen) atoms. The molecule has 0 amide bonds. The van der Waals surface area contributed by atoms with Gasteiger partial charge in [0.1, 0.15) is 10.6 Å². The summed E-state index contributed by atoms with van der Waals surface area (Å²) in [5.41, 5.74) is -0.622. The molecule has 4 saturated carbocycles. The highest BCUT2D eigenvalue weighted by Crippen LogP contribution is 2.71. The highest BCUT2D eigenvalue weighted by atomic mass is 32.1. The molecule has 1 aromatic rings. The second kappa shape index (κ2) is 6.55. The molecule has 10 atom stereocenters. The van der Waals surface area contributed by atoms with E-state index in [0.717, 1.165) is 30.2 Å². The lowest BCUT2D eigenvalue weighted by Gasteiger charge is -2.63. The van der Waals surface area contributed by atoms with Gasteiger partial charge in [0.25, 0.3) is 0 Å².